The molecule has 0 N–H and O–H groups in total. The van der Waals surface area contributed by atoms with E-state index in [2.05, 4.69) is 4.98 Å². The summed E-state index contributed by atoms with van der Waals surface area (Å²) in [5.74, 6) is 2.23. The first-order valence-electron chi connectivity index (χ1n) is 5.13. The third-order valence-corrected chi connectivity index (χ3v) is 2.51. The van der Waals surface area contributed by atoms with Gasteiger partial charge >= 0.3 is 0 Å². The van der Waals surface area contributed by atoms with E-state index in [9.17, 15) is 0 Å². The molecule has 3 nitrogen and oxygen atoms in total. The fourth-order valence-electron chi connectivity index (χ4n) is 1.36. The van der Waals surface area contributed by atoms with Gasteiger partial charge in [0.15, 0.2) is 0 Å². The quantitative estimate of drug-likeness (QED) is 0.775. The van der Waals surface area contributed by atoms with E-state index in [4.69, 9.17) is 21.1 Å². The molecule has 0 saturated carbocycles. The molecule has 0 saturated heterocycles. The summed E-state index contributed by atoms with van der Waals surface area (Å²) in [4.78, 5) is 3.97. The lowest BCUT2D eigenvalue weighted by atomic mass is 10.3. The molecule has 0 amide bonds. The van der Waals surface area contributed by atoms with Crippen LogP contribution in [0.2, 0.25) is 5.15 Å². The summed E-state index contributed by atoms with van der Waals surface area (Å²) >= 11 is 5.82. The summed E-state index contributed by atoms with van der Waals surface area (Å²) in [6.07, 6.45) is 1.68. The van der Waals surface area contributed by atoms with E-state index in [0.717, 1.165) is 17.1 Å². The second-order valence-electron chi connectivity index (χ2n) is 3.55. The maximum atomic E-state index is 5.82. The van der Waals surface area contributed by atoms with Gasteiger partial charge in [-0.15, -0.1) is 0 Å². The number of nitrogens with zero attached hydrogens (tertiary/aromatic N) is 1. The molecule has 4 heteroatoms. The molecule has 0 aliphatic carbocycles. The second kappa shape index (κ2) is 5.06. The number of methoxy groups -OCH3 is 1. The van der Waals surface area contributed by atoms with Gasteiger partial charge in [0.1, 0.15) is 22.4 Å². The molecule has 1 aromatic carbocycles. The van der Waals surface area contributed by atoms with Crippen LogP contribution < -0.4 is 9.47 Å². The van der Waals surface area contributed by atoms with Gasteiger partial charge in [0.2, 0.25) is 0 Å². The topological polar surface area (TPSA) is 31.4 Å². The van der Waals surface area contributed by atoms with Crippen LogP contribution in [0.4, 0.5) is 0 Å². The molecule has 2 rings (SSSR count). The van der Waals surface area contributed by atoms with Gasteiger partial charge < -0.3 is 9.47 Å². The number of hydrogen-bond donors (Lipinski definition) is 0. The lowest BCUT2D eigenvalue weighted by Gasteiger charge is -2.09. The highest BCUT2D eigenvalue weighted by atomic mass is 35.5. The van der Waals surface area contributed by atoms with Gasteiger partial charge in [-0.25, -0.2) is 4.98 Å². The van der Waals surface area contributed by atoms with E-state index in [1.807, 2.05) is 31.2 Å². The molecule has 0 bridgehead atoms. The Kier molecular flexibility index (Phi) is 3.49. The van der Waals surface area contributed by atoms with Crippen LogP contribution in [-0.2, 0) is 0 Å². The molecular formula is C13H12ClNO2. The Morgan fingerprint density at radius 3 is 2.41 bits per heavy atom. The van der Waals surface area contributed by atoms with Crippen molar-refractivity contribution in [2.45, 2.75) is 6.92 Å². The SMILES string of the molecule is COc1ccc(Oc2cc(Cl)ncc2C)cc1. The highest BCUT2D eigenvalue weighted by Crippen LogP contribution is 2.27. The Morgan fingerprint density at radius 1 is 1.12 bits per heavy atom. The number of aryl methyl sites for hydroxylation is 1. The monoisotopic (exact) mass is 249 g/mol. The summed E-state index contributed by atoms with van der Waals surface area (Å²) in [5.41, 5.74) is 0.935. The summed E-state index contributed by atoms with van der Waals surface area (Å²) < 4.78 is 10.8. The lowest BCUT2D eigenvalue weighted by molar-refractivity contribution is 0.412. The van der Waals surface area contributed by atoms with Crippen LogP contribution in [0.25, 0.3) is 0 Å². The highest BCUT2D eigenvalue weighted by molar-refractivity contribution is 6.29. The van der Waals surface area contributed by atoms with Crippen LogP contribution in [0.3, 0.4) is 0 Å². The molecule has 0 aliphatic rings. The summed E-state index contributed by atoms with van der Waals surface area (Å²) in [6.45, 7) is 1.92. The van der Waals surface area contributed by atoms with E-state index < -0.39 is 0 Å². The Hall–Kier alpha value is -1.74. The van der Waals surface area contributed by atoms with Crippen LogP contribution in [0, 0.1) is 6.92 Å². The first kappa shape index (κ1) is 11.7. The molecule has 88 valence electrons. The number of halogens is 1. The molecule has 17 heavy (non-hydrogen) atoms. The van der Waals surface area contributed by atoms with Gasteiger partial charge in [-0.05, 0) is 31.2 Å². The predicted molar refractivity (Wildman–Crippen MR) is 67.1 cm³/mol. The fourth-order valence-corrected chi connectivity index (χ4v) is 1.51. The molecular weight excluding hydrogens is 238 g/mol. The van der Waals surface area contributed by atoms with E-state index >= 15 is 0 Å². The van der Waals surface area contributed by atoms with Gasteiger partial charge in [-0.2, -0.15) is 0 Å². The van der Waals surface area contributed by atoms with Crippen LogP contribution in [0.1, 0.15) is 5.56 Å². The molecule has 2 aromatic rings. The van der Waals surface area contributed by atoms with Gasteiger partial charge in [0.05, 0.1) is 7.11 Å². The Balaban J connectivity index is 2.22. The molecule has 0 unspecified atom stereocenters. The van der Waals surface area contributed by atoms with Crippen molar-refractivity contribution in [2.24, 2.45) is 0 Å². The number of aromatic nitrogens is 1. The Labute approximate surface area is 105 Å². The van der Waals surface area contributed by atoms with Gasteiger partial charge in [-0.1, -0.05) is 11.6 Å². The lowest BCUT2D eigenvalue weighted by Crippen LogP contribution is -1.89. The normalized spacial score (nSPS) is 10.1. The molecule has 1 heterocycles. The number of benzene rings is 1. The first-order chi connectivity index (χ1) is 8.19. The van der Waals surface area contributed by atoms with E-state index in [-0.39, 0.29) is 0 Å². The van der Waals surface area contributed by atoms with Crippen molar-refractivity contribution in [3.8, 4) is 17.2 Å². The van der Waals surface area contributed by atoms with Crippen LogP contribution >= 0.6 is 11.6 Å². The third kappa shape index (κ3) is 2.88. The number of ether oxygens (including phenoxy) is 2. The van der Waals surface area contributed by atoms with Crippen molar-refractivity contribution < 1.29 is 9.47 Å². The minimum Gasteiger partial charge on any atom is -0.497 e. The number of hydrogen-bond acceptors (Lipinski definition) is 3. The highest BCUT2D eigenvalue weighted by Gasteiger charge is 2.03. The number of rotatable bonds is 3. The smallest absolute Gasteiger partial charge is 0.134 e. The Bertz CT molecular complexity index is 511. The average Bonchev–Trinajstić information content (AvgIpc) is 2.35. The van der Waals surface area contributed by atoms with Crippen molar-refractivity contribution in [3.63, 3.8) is 0 Å². The summed E-state index contributed by atoms with van der Waals surface area (Å²) in [7, 11) is 1.63. The maximum absolute atomic E-state index is 5.82. The molecule has 1 aromatic heterocycles. The van der Waals surface area contributed by atoms with Crippen LogP contribution in [-0.4, -0.2) is 12.1 Å². The largest absolute Gasteiger partial charge is 0.497 e. The zero-order valence-electron chi connectivity index (χ0n) is 9.61. The zero-order valence-corrected chi connectivity index (χ0v) is 10.4. The number of pyridine rings is 1. The van der Waals surface area contributed by atoms with Gasteiger partial charge in [0.25, 0.3) is 0 Å². The first-order valence-corrected chi connectivity index (χ1v) is 5.51. The van der Waals surface area contributed by atoms with E-state index in [0.29, 0.717) is 10.9 Å². The van der Waals surface area contributed by atoms with Crippen molar-refractivity contribution in [1.29, 1.82) is 0 Å². The van der Waals surface area contributed by atoms with Gasteiger partial charge in [0, 0.05) is 17.8 Å². The van der Waals surface area contributed by atoms with E-state index in [1.165, 1.54) is 0 Å². The molecule has 0 fully saturated rings. The molecule has 0 radical (unpaired) electrons. The summed E-state index contributed by atoms with van der Waals surface area (Å²) in [5, 5.41) is 0.416. The average molecular weight is 250 g/mol. The minimum absolute atomic E-state index is 0.416. The van der Waals surface area contributed by atoms with Crippen LogP contribution in [0.15, 0.2) is 36.5 Å². The Morgan fingerprint density at radius 2 is 1.76 bits per heavy atom. The molecule has 0 aliphatic heterocycles. The molecule has 0 atom stereocenters. The van der Waals surface area contributed by atoms with Crippen molar-refractivity contribution in [1.82, 2.24) is 4.98 Å². The predicted octanol–water partition coefficient (Wildman–Crippen LogP) is 3.84. The van der Waals surface area contributed by atoms with Crippen molar-refractivity contribution in [2.75, 3.05) is 7.11 Å². The van der Waals surface area contributed by atoms with Crippen molar-refractivity contribution >= 4 is 11.6 Å². The van der Waals surface area contributed by atoms with E-state index in [1.54, 1.807) is 19.4 Å². The minimum atomic E-state index is 0.416. The third-order valence-electron chi connectivity index (χ3n) is 2.31. The molecule has 0 spiro atoms. The zero-order chi connectivity index (χ0) is 12.3. The summed E-state index contributed by atoms with van der Waals surface area (Å²) in [6, 6.07) is 9.06. The maximum Gasteiger partial charge on any atom is 0.134 e. The fraction of sp³-hybridized carbons (Fsp3) is 0.154. The standard InChI is InChI=1S/C13H12ClNO2/c1-9-8-15-13(14)7-12(9)17-11-5-3-10(16-2)4-6-11/h3-8H,1-2H3. The van der Waals surface area contributed by atoms with Gasteiger partial charge in [-0.3, -0.25) is 0 Å². The van der Waals surface area contributed by atoms with Crippen molar-refractivity contribution in [3.05, 3.63) is 47.2 Å². The van der Waals surface area contributed by atoms with Crippen LogP contribution in [0.5, 0.6) is 17.2 Å². The second-order valence-corrected chi connectivity index (χ2v) is 3.94.